The van der Waals surface area contributed by atoms with E-state index in [2.05, 4.69) is 11.8 Å². The Morgan fingerprint density at radius 3 is 3.09 bits per heavy atom. The Bertz CT molecular complexity index is 108. The van der Waals surface area contributed by atoms with Gasteiger partial charge in [0.25, 0.3) is 0 Å². The quantitative estimate of drug-likeness (QED) is 0.633. The van der Waals surface area contributed by atoms with Crippen LogP contribution >= 0.6 is 0 Å². The number of morpholine rings is 1. The molecule has 3 heteroatoms. The number of nitrogens with zero attached hydrogens (tertiary/aromatic N) is 1. The number of aliphatic hydroxyl groups is 1. The highest BCUT2D eigenvalue weighted by Gasteiger charge is 2.15. The van der Waals surface area contributed by atoms with Crippen LogP contribution in [0.25, 0.3) is 0 Å². The van der Waals surface area contributed by atoms with Crippen LogP contribution < -0.4 is 0 Å². The molecular weight excluding hydrogens is 142 g/mol. The van der Waals surface area contributed by atoms with Gasteiger partial charge in [-0.3, -0.25) is 4.90 Å². The number of rotatable bonds is 3. The molecule has 0 spiro atoms. The van der Waals surface area contributed by atoms with Crippen molar-refractivity contribution in [2.75, 3.05) is 32.8 Å². The van der Waals surface area contributed by atoms with E-state index in [1.54, 1.807) is 0 Å². The van der Waals surface area contributed by atoms with E-state index in [9.17, 15) is 0 Å². The molecule has 1 heterocycles. The molecule has 0 aromatic rings. The Balaban J connectivity index is 2.12. The summed E-state index contributed by atoms with van der Waals surface area (Å²) in [5.41, 5.74) is 0. The van der Waals surface area contributed by atoms with Crippen molar-refractivity contribution in [3.8, 4) is 0 Å². The SMILES string of the molecule is C[C@@H]1CN(CCCO)CCO1. The normalized spacial score (nSPS) is 27.3. The van der Waals surface area contributed by atoms with Crippen LogP contribution in [0.2, 0.25) is 0 Å². The molecule has 0 amide bonds. The predicted octanol–water partition coefficient (Wildman–Crippen LogP) is 0.0895. The van der Waals surface area contributed by atoms with Crippen LogP contribution in [0.5, 0.6) is 0 Å². The fourth-order valence-electron chi connectivity index (χ4n) is 1.39. The fourth-order valence-corrected chi connectivity index (χ4v) is 1.39. The summed E-state index contributed by atoms with van der Waals surface area (Å²) in [6.07, 6.45) is 1.25. The molecule has 0 saturated carbocycles. The Hall–Kier alpha value is -0.120. The van der Waals surface area contributed by atoms with Crippen molar-refractivity contribution in [1.82, 2.24) is 4.90 Å². The van der Waals surface area contributed by atoms with Gasteiger partial charge in [-0.15, -0.1) is 0 Å². The third kappa shape index (κ3) is 3.18. The van der Waals surface area contributed by atoms with Crippen molar-refractivity contribution in [3.63, 3.8) is 0 Å². The van der Waals surface area contributed by atoms with Crippen LogP contribution in [-0.2, 0) is 4.74 Å². The predicted molar refractivity (Wildman–Crippen MR) is 43.6 cm³/mol. The van der Waals surface area contributed by atoms with E-state index in [0.717, 1.165) is 32.7 Å². The average Bonchev–Trinajstić information content (AvgIpc) is 2.01. The summed E-state index contributed by atoms with van der Waals surface area (Å²) in [6.45, 7) is 6.26. The molecular formula is C8H17NO2. The minimum Gasteiger partial charge on any atom is -0.396 e. The first-order valence-electron chi connectivity index (χ1n) is 4.27. The molecule has 1 saturated heterocycles. The van der Waals surface area contributed by atoms with Gasteiger partial charge in [-0.05, 0) is 13.3 Å². The Morgan fingerprint density at radius 2 is 2.45 bits per heavy atom. The maximum atomic E-state index is 8.60. The van der Waals surface area contributed by atoms with Gasteiger partial charge in [-0.2, -0.15) is 0 Å². The highest BCUT2D eigenvalue weighted by molar-refractivity contribution is 4.67. The fraction of sp³-hybridized carbons (Fsp3) is 1.00. The first-order chi connectivity index (χ1) is 5.33. The van der Waals surface area contributed by atoms with E-state index in [1.807, 2.05) is 0 Å². The van der Waals surface area contributed by atoms with Crippen molar-refractivity contribution < 1.29 is 9.84 Å². The summed E-state index contributed by atoms with van der Waals surface area (Å²) in [5.74, 6) is 0. The van der Waals surface area contributed by atoms with Crippen LogP contribution in [-0.4, -0.2) is 49.0 Å². The Morgan fingerprint density at radius 1 is 1.64 bits per heavy atom. The average molecular weight is 159 g/mol. The smallest absolute Gasteiger partial charge is 0.0674 e. The molecule has 3 nitrogen and oxygen atoms in total. The number of aliphatic hydroxyl groups excluding tert-OH is 1. The van der Waals surface area contributed by atoms with Crippen molar-refractivity contribution in [3.05, 3.63) is 0 Å². The lowest BCUT2D eigenvalue weighted by molar-refractivity contribution is -0.0195. The first-order valence-corrected chi connectivity index (χ1v) is 4.27. The van der Waals surface area contributed by atoms with Gasteiger partial charge in [-0.25, -0.2) is 0 Å². The summed E-state index contributed by atoms with van der Waals surface area (Å²) in [6, 6.07) is 0. The summed E-state index contributed by atoms with van der Waals surface area (Å²) in [7, 11) is 0. The lowest BCUT2D eigenvalue weighted by atomic mass is 10.3. The second-order valence-corrected chi connectivity index (χ2v) is 3.06. The van der Waals surface area contributed by atoms with E-state index in [4.69, 9.17) is 9.84 Å². The van der Waals surface area contributed by atoms with Crippen LogP contribution in [0, 0.1) is 0 Å². The summed E-state index contributed by atoms with van der Waals surface area (Å²) in [5, 5.41) is 8.60. The van der Waals surface area contributed by atoms with Gasteiger partial charge in [0.05, 0.1) is 12.7 Å². The van der Waals surface area contributed by atoms with E-state index in [1.165, 1.54) is 0 Å². The largest absolute Gasteiger partial charge is 0.396 e. The summed E-state index contributed by atoms with van der Waals surface area (Å²) < 4.78 is 5.38. The zero-order valence-electron chi connectivity index (χ0n) is 7.12. The maximum Gasteiger partial charge on any atom is 0.0674 e. The zero-order valence-corrected chi connectivity index (χ0v) is 7.12. The van der Waals surface area contributed by atoms with Gasteiger partial charge in [0.2, 0.25) is 0 Å². The van der Waals surface area contributed by atoms with Gasteiger partial charge in [0.1, 0.15) is 0 Å². The highest BCUT2D eigenvalue weighted by atomic mass is 16.5. The minimum atomic E-state index is 0.297. The van der Waals surface area contributed by atoms with Gasteiger partial charge in [-0.1, -0.05) is 0 Å². The lowest BCUT2D eigenvalue weighted by Crippen LogP contribution is -2.41. The second kappa shape index (κ2) is 4.70. The topological polar surface area (TPSA) is 32.7 Å². The molecule has 0 aromatic carbocycles. The van der Waals surface area contributed by atoms with Crippen LogP contribution in [0.1, 0.15) is 13.3 Å². The van der Waals surface area contributed by atoms with E-state index < -0.39 is 0 Å². The number of ether oxygens (including phenoxy) is 1. The third-order valence-electron chi connectivity index (χ3n) is 1.96. The molecule has 0 unspecified atom stereocenters. The monoisotopic (exact) mass is 159 g/mol. The van der Waals surface area contributed by atoms with Crippen molar-refractivity contribution in [2.45, 2.75) is 19.4 Å². The molecule has 1 atom stereocenters. The van der Waals surface area contributed by atoms with Crippen molar-refractivity contribution >= 4 is 0 Å². The molecule has 11 heavy (non-hydrogen) atoms. The van der Waals surface area contributed by atoms with Crippen LogP contribution in [0.15, 0.2) is 0 Å². The molecule has 1 rings (SSSR count). The van der Waals surface area contributed by atoms with Crippen LogP contribution in [0.3, 0.4) is 0 Å². The molecule has 1 aliphatic rings. The van der Waals surface area contributed by atoms with Crippen LogP contribution in [0.4, 0.5) is 0 Å². The van der Waals surface area contributed by atoms with E-state index in [-0.39, 0.29) is 0 Å². The maximum absolute atomic E-state index is 8.60. The Labute approximate surface area is 68.0 Å². The van der Waals surface area contributed by atoms with Gasteiger partial charge in [0, 0.05) is 26.2 Å². The molecule has 0 aliphatic carbocycles. The molecule has 0 bridgehead atoms. The molecule has 1 N–H and O–H groups in total. The third-order valence-corrected chi connectivity index (χ3v) is 1.96. The van der Waals surface area contributed by atoms with Gasteiger partial charge < -0.3 is 9.84 Å². The van der Waals surface area contributed by atoms with Gasteiger partial charge >= 0.3 is 0 Å². The number of hydrogen-bond acceptors (Lipinski definition) is 3. The zero-order chi connectivity index (χ0) is 8.10. The van der Waals surface area contributed by atoms with E-state index in [0.29, 0.717) is 12.7 Å². The van der Waals surface area contributed by atoms with Crippen molar-refractivity contribution in [2.24, 2.45) is 0 Å². The van der Waals surface area contributed by atoms with Gasteiger partial charge in [0.15, 0.2) is 0 Å². The summed E-state index contributed by atoms with van der Waals surface area (Å²) >= 11 is 0. The highest BCUT2D eigenvalue weighted by Crippen LogP contribution is 2.03. The Kier molecular flexibility index (Phi) is 3.83. The van der Waals surface area contributed by atoms with E-state index >= 15 is 0 Å². The molecule has 0 radical (unpaired) electrons. The molecule has 1 aliphatic heterocycles. The molecule has 1 fully saturated rings. The molecule has 66 valence electrons. The first kappa shape index (κ1) is 8.97. The summed E-state index contributed by atoms with van der Waals surface area (Å²) in [4.78, 5) is 2.34. The molecule has 0 aromatic heterocycles. The van der Waals surface area contributed by atoms with Crippen molar-refractivity contribution in [1.29, 1.82) is 0 Å². The standard InChI is InChI=1S/C8H17NO2/c1-8-7-9(3-2-5-10)4-6-11-8/h8,10H,2-7H2,1H3/t8-/m1/s1. The second-order valence-electron chi connectivity index (χ2n) is 3.06. The minimum absolute atomic E-state index is 0.297. The number of hydrogen-bond donors (Lipinski definition) is 1. The lowest BCUT2D eigenvalue weighted by Gasteiger charge is -2.30.